The number of nitrogens with zero attached hydrogens (tertiary/aromatic N) is 2. The van der Waals surface area contributed by atoms with E-state index in [9.17, 15) is 14.5 Å². The van der Waals surface area contributed by atoms with Gasteiger partial charge < -0.3 is 14.2 Å². The van der Waals surface area contributed by atoms with E-state index in [0.29, 0.717) is 17.0 Å². The molecule has 0 spiro atoms. The number of hydrogen-bond acceptors (Lipinski definition) is 6. The maximum atomic E-state index is 13.9. The van der Waals surface area contributed by atoms with Crippen LogP contribution < -0.4 is 14.2 Å². The Morgan fingerprint density at radius 3 is 2.36 bits per heavy atom. The minimum Gasteiger partial charge on any atom is -0.493 e. The van der Waals surface area contributed by atoms with E-state index in [-0.39, 0.29) is 17.3 Å². The van der Waals surface area contributed by atoms with Crippen LogP contribution in [0.2, 0.25) is 0 Å². The standard InChI is InChI=1S/C17H13FN2O5/c1-23-15-7-10-3-6-17(19-13(10)9-16(15)24-2)25-14-5-4-11(20(21)22)8-12(14)18/h3-9H,1-2H3. The Balaban J connectivity index is 1.95. The van der Waals surface area contributed by atoms with Crippen LogP contribution >= 0.6 is 0 Å². The molecule has 0 saturated carbocycles. The van der Waals surface area contributed by atoms with Crippen LogP contribution in [0.15, 0.2) is 42.5 Å². The molecule has 0 N–H and O–H groups in total. The van der Waals surface area contributed by atoms with Crippen molar-refractivity contribution in [1.29, 1.82) is 0 Å². The fraction of sp³-hybridized carbons (Fsp3) is 0.118. The number of aromatic nitrogens is 1. The Kier molecular flexibility index (Phi) is 4.34. The van der Waals surface area contributed by atoms with E-state index in [0.717, 1.165) is 17.5 Å². The molecule has 0 saturated heterocycles. The van der Waals surface area contributed by atoms with Crippen molar-refractivity contribution in [2.45, 2.75) is 0 Å². The van der Waals surface area contributed by atoms with Gasteiger partial charge in [0.2, 0.25) is 5.88 Å². The number of non-ortho nitro benzene ring substituents is 1. The lowest BCUT2D eigenvalue weighted by molar-refractivity contribution is -0.385. The summed E-state index contributed by atoms with van der Waals surface area (Å²) in [5.74, 6) is 0.210. The van der Waals surface area contributed by atoms with Gasteiger partial charge in [0.15, 0.2) is 23.1 Å². The molecular formula is C17H13FN2O5. The van der Waals surface area contributed by atoms with Gasteiger partial charge in [0.1, 0.15) is 0 Å². The molecule has 0 unspecified atom stereocenters. The highest BCUT2D eigenvalue weighted by Gasteiger charge is 2.13. The number of nitro groups is 1. The van der Waals surface area contributed by atoms with Crippen molar-refractivity contribution in [3.8, 4) is 23.1 Å². The highest BCUT2D eigenvalue weighted by molar-refractivity contribution is 5.83. The lowest BCUT2D eigenvalue weighted by Crippen LogP contribution is -1.95. The van der Waals surface area contributed by atoms with Gasteiger partial charge in [-0.3, -0.25) is 10.1 Å². The van der Waals surface area contributed by atoms with Gasteiger partial charge in [-0.1, -0.05) is 0 Å². The molecule has 8 heteroatoms. The number of fused-ring (bicyclic) bond motifs is 1. The minimum absolute atomic E-state index is 0.146. The summed E-state index contributed by atoms with van der Waals surface area (Å²) in [5.41, 5.74) is 0.214. The van der Waals surface area contributed by atoms with Gasteiger partial charge in [-0.25, -0.2) is 9.37 Å². The largest absolute Gasteiger partial charge is 0.493 e. The summed E-state index contributed by atoms with van der Waals surface area (Å²) in [5, 5.41) is 11.4. The van der Waals surface area contributed by atoms with Gasteiger partial charge in [0.25, 0.3) is 5.69 Å². The van der Waals surface area contributed by atoms with Crippen molar-refractivity contribution >= 4 is 16.6 Å². The summed E-state index contributed by atoms with van der Waals surface area (Å²) in [7, 11) is 3.04. The second-order valence-electron chi connectivity index (χ2n) is 5.02. The fourth-order valence-electron chi connectivity index (χ4n) is 2.29. The number of ether oxygens (including phenoxy) is 3. The van der Waals surface area contributed by atoms with Crippen LogP contribution in [0.25, 0.3) is 10.9 Å². The first-order valence-corrected chi connectivity index (χ1v) is 7.16. The monoisotopic (exact) mass is 344 g/mol. The maximum Gasteiger partial charge on any atom is 0.272 e. The molecule has 0 amide bonds. The Bertz CT molecular complexity index is 961. The molecule has 0 aliphatic heterocycles. The Labute approximate surface area is 141 Å². The number of methoxy groups -OCH3 is 2. The molecular weight excluding hydrogens is 331 g/mol. The maximum absolute atomic E-state index is 13.9. The molecule has 0 aliphatic rings. The van der Waals surface area contributed by atoms with Gasteiger partial charge in [-0.15, -0.1) is 0 Å². The third-order valence-corrected chi connectivity index (χ3v) is 3.51. The zero-order valence-corrected chi connectivity index (χ0v) is 13.4. The van der Waals surface area contributed by atoms with Crippen LogP contribution in [-0.2, 0) is 0 Å². The molecule has 1 heterocycles. The first-order valence-electron chi connectivity index (χ1n) is 7.16. The molecule has 128 valence electrons. The molecule has 0 radical (unpaired) electrons. The van der Waals surface area contributed by atoms with Crippen LogP contribution in [0.1, 0.15) is 0 Å². The fourth-order valence-corrected chi connectivity index (χ4v) is 2.29. The zero-order chi connectivity index (χ0) is 18.0. The van der Waals surface area contributed by atoms with E-state index in [1.807, 2.05) is 0 Å². The molecule has 0 fully saturated rings. The number of rotatable bonds is 5. The van der Waals surface area contributed by atoms with Crippen LogP contribution in [0.5, 0.6) is 23.1 Å². The molecule has 0 bridgehead atoms. The molecule has 3 aromatic rings. The molecule has 1 aromatic heterocycles. The predicted molar refractivity (Wildman–Crippen MR) is 88.0 cm³/mol. The van der Waals surface area contributed by atoms with E-state index >= 15 is 0 Å². The van der Waals surface area contributed by atoms with Crippen molar-refractivity contribution in [1.82, 2.24) is 4.98 Å². The summed E-state index contributed by atoms with van der Waals surface area (Å²) in [4.78, 5) is 14.3. The summed E-state index contributed by atoms with van der Waals surface area (Å²) >= 11 is 0. The van der Waals surface area contributed by atoms with E-state index in [1.54, 1.807) is 24.3 Å². The zero-order valence-electron chi connectivity index (χ0n) is 13.4. The molecule has 7 nitrogen and oxygen atoms in total. The average molecular weight is 344 g/mol. The van der Waals surface area contributed by atoms with Crippen LogP contribution in [0.4, 0.5) is 10.1 Å². The van der Waals surface area contributed by atoms with Gasteiger partial charge in [-0.2, -0.15) is 0 Å². The molecule has 0 aliphatic carbocycles. The second kappa shape index (κ2) is 6.60. The highest BCUT2D eigenvalue weighted by Crippen LogP contribution is 2.33. The SMILES string of the molecule is COc1cc2ccc(Oc3ccc([N+](=O)[O-])cc3F)nc2cc1OC. The smallest absolute Gasteiger partial charge is 0.272 e. The summed E-state index contributed by atoms with van der Waals surface area (Å²) in [6.07, 6.45) is 0. The van der Waals surface area contributed by atoms with Crippen molar-refractivity contribution in [3.63, 3.8) is 0 Å². The average Bonchev–Trinajstić information content (AvgIpc) is 2.61. The van der Waals surface area contributed by atoms with Crippen molar-refractivity contribution in [2.24, 2.45) is 0 Å². The summed E-state index contributed by atoms with van der Waals surface area (Å²) in [6, 6.07) is 9.88. The van der Waals surface area contributed by atoms with Crippen molar-refractivity contribution in [3.05, 3.63) is 58.4 Å². The number of nitro benzene ring substituents is 1. The number of halogens is 1. The predicted octanol–water partition coefficient (Wildman–Crippen LogP) is 4.09. The molecule has 2 aromatic carbocycles. The first-order chi connectivity index (χ1) is 12.0. The van der Waals surface area contributed by atoms with Gasteiger partial charge >= 0.3 is 0 Å². The quantitative estimate of drug-likeness (QED) is 0.512. The van der Waals surface area contributed by atoms with Gasteiger partial charge in [0.05, 0.1) is 30.7 Å². The lowest BCUT2D eigenvalue weighted by Gasteiger charge is -2.10. The van der Waals surface area contributed by atoms with E-state index in [1.165, 1.54) is 20.3 Å². The third kappa shape index (κ3) is 3.27. The molecule has 25 heavy (non-hydrogen) atoms. The van der Waals surface area contributed by atoms with E-state index < -0.39 is 10.7 Å². The van der Waals surface area contributed by atoms with Gasteiger partial charge in [-0.05, 0) is 18.2 Å². The van der Waals surface area contributed by atoms with Crippen LogP contribution in [-0.4, -0.2) is 24.1 Å². The number of hydrogen-bond donors (Lipinski definition) is 0. The normalized spacial score (nSPS) is 10.5. The van der Waals surface area contributed by atoms with Crippen LogP contribution in [0.3, 0.4) is 0 Å². The Morgan fingerprint density at radius 2 is 1.72 bits per heavy atom. The minimum atomic E-state index is -0.844. The topological polar surface area (TPSA) is 83.7 Å². The Morgan fingerprint density at radius 1 is 1.00 bits per heavy atom. The number of pyridine rings is 1. The van der Waals surface area contributed by atoms with Crippen molar-refractivity contribution < 1.29 is 23.5 Å². The third-order valence-electron chi connectivity index (χ3n) is 3.51. The van der Waals surface area contributed by atoms with Crippen LogP contribution in [0, 0.1) is 15.9 Å². The highest BCUT2D eigenvalue weighted by atomic mass is 19.1. The summed E-state index contributed by atoms with van der Waals surface area (Å²) < 4.78 is 29.8. The molecule has 0 atom stereocenters. The first kappa shape index (κ1) is 16.4. The van der Waals surface area contributed by atoms with Gasteiger partial charge in [0, 0.05) is 23.6 Å². The van der Waals surface area contributed by atoms with Crippen molar-refractivity contribution in [2.75, 3.05) is 14.2 Å². The lowest BCUT2D eigenvalue weighted by atomic mass is 10.2. The Hall–Kier alpha value is -3.42. The second-order valence-corrected chi connectivity index (χ2v) is 5.02. The number of benzene rings is 2. The van der Waals surface area contributed by atoms with E-state index in [4.69, 9.17) is 14.2 Å². The summed E-state index contributed by atoms with van der Waals surface area (Å²) in [6.45, 7) is 0. The molecule has 3 rings (SSSR count). The van der Waals surface area contributed by atoms with E-state index in [2.05, 4.69) is 4.98 Å².